The lowest BCUT2D eigenvalue weighted by atomic mass is 9.96. The highest BCUT2D eigenvalue weighted by atomic mass is 35.5. The maximum absolute atomic E-state index is 15.0. The van der Waals surface area contributed by atoms with Gasteiger partial charge in [0.05, 0.1) is 68.1 Å². The summed E-state index contributed by atoms with van der Waals surface area (Å²) < 4.78 is 115. The molecule has 6 aliphatic rings. The fourth-order valence-electron chi connectivity index (χ4n) is 14.3. The van der Waals surface area contributed by atoms with Crippen LogP contribution in [0, 0.1) is 34.9 Å². The van der Waals surface area contributed by atoms with Crippen LogP contribution in [0.1, 0.15) is 183 Å². The number of amides is 2. The average Bonchev–Trinajstić information content (AvgIpc) is 0.808. The van der Waals surface area contributed by atoms with Crippen molar-refractivity contribution in [1.29, 1.82) is 0 Å². The Hall–Kier alpha value is -8.99. The van der Waals surface area contributed by atoms with Gasteiger partial charge in [-0.2, -0.15) is 0 Å². The van der Waals surface area contributed by atoms with E-state index in [1.807, 2.05) is 111 Å². The first kappa shape index (κ1) is 91.3. The predicted molar refractivity (Wildman–Crippen MR) is 452 cm³/mol. The standard InChI is InChI=1S/C29H35F2N5O3S.C24H27F2N5OS.C15H14ClF2N3O.C13H21N3O2S.C2H6O.ClH/c1-17(2)36-10-11-38-27-20(30)12-19(13-22(27)36)26-21(31)15-32-24(34-26)14-25-33-16-23(40-25)18-6-8-35(9-7-18)28(37)39-29(3,4)5;1-14(2)31-7-8-32-24-17(25)9-16(10-19(24)31)23-18(26)12-28-21(30-23)11-22-29-13-20(33-22)15-3-5-27-6-4-15;1-8(2)21-3-4-22-14-10(17)5-9(6-12(14)21)13-11(18)7-19-15(16)20-13;1-13(2,3)18-12(17)16-6-4-9(5-7-16)10-8-15-11(14)19-10;1-2-3;/h12-13,15-18H,6-11,14H2,1-5H3;9-10,12-15,27H,3-8,11H2,1-2H3;5-8H,3-4H2,1-2H3;8-9H,4-7H2,1-3H3,(H2,14,15);3H,2H2,1H3;1H. The van der Waals surface area contributed by atoms with E-state index in [-0.39, 0.29) is 88.9 Å². The van der Waals surface area contributed by atoms with E-state index in [1.54, 1.807) is 68.9 Å². The predicted octanol–water partition coefficient (Wildman–Crippen LogP) is 17.7. The Morgan fingerprint density at radius 1 is 0.500 bits per heavy atom. The summed E-state index contributed by atoms with van der Waals surface area (Å²) in [5, 5.41) is 13.2. The smallest absolute Gasteiger partial charge is 0.410 e. The molecule has 0 aliphatic carbocycles. The van der Waals surface area contributed by atoms with Crippen molar-refractivity contribution in [3.63, 3.8) is 0 Å². The molecular weight excluding hydrogens is 1630 g/mol. The van der Waals surface area contributed by atoms with Crippen molar-refractivity contribution in [2.75, 3.05) is 106 Å². The number of piperidine rings is 3. The second-order valence-corrected chi connectivity index (χ2v) is 35.4. The van der Waals surface area contributed by atoms with Gasteiger partial charge in [0.2, 0.25) is 5.28 Å². The Bertz CT molecular complexity index is 4880. The molecule has 3 saturated heterocycles. The number of hydrogen-bond donors (Lipinski definition) is 3. The van der Waals surface area contributed by atoms with Gasteiger partial charge in [0.15, 0.2) is 57.3 Å². The quantitative estimate of drug-likeness (QED) is 0.0715. The SMILES string of the molecule is CC(C)(C)OC(=O)N1CCC(c2cnc(N)s2)CC1.CC(C)N1CCOc2c(F)cc(-c3nc(Cc4ncc(C5CCN(C(=O)OC(C)(C)C)CC5)s4)ncc3F)cc21.CC(C)N1CCOc2c(F)cc(-c3nc(Cc4ncc(C5CCNCC5)s4)ncc3F)cc21.CC(C)N1CCOc2c(F)cc(-c3nc(Cl)ncc3F)cc21.CCO.Cl. The molecule has 4 N–H and O–H groups in total. The maximum atomic E-state index is 15.0. The second kappa shape index (κ2) is 40.8. The van der Waals surface area contributed by atoms with Crippen molar-refractivity contribution < 1.29 is 64.7 Å². The molecule has 0 radical (unpaired) electrons. The van der Waals surface area contributed by atoms with Crippen LogP contribution in [0.2, 0.25) is 5.28 Å². The van der Waals surface area contributed by atoms with Gasteiger partial charge in [-0.1, -0.05) is 0 Å². The lowest BCUT2D eigenvalue weighted by Gasteiger charge is -2.34. The normalized spacial score (nSPS) is 15.7. The number of nitrogen functional groups attached to an aromatic ring is 1. The van der Waals surface area contributed by atoms with Crippen molar-refractivity contribution in [2.45, 2.75) is 188 Å². The van der Waals surface area contributed by atoms with Crippen LogP contribution in [-0.2, 0) is 22.3 Å². The van der Waals surface area contributed by atoms with Crippen LogP contribution >= 0.6 is 58.0 Å². The molecule has 3 aromatic carbocycles. The maximum Gasteiger partial charge on any atom is 0.410 e. The molecule has 2 amide bonds. The average molecular weight is 1730 g/mol. The molecule has 12 heterocycles. The summed E-state index contributed by atoms with van der Waals surface area (Å²) in [7, 11) is 0. The van der Waals surface area contributed by atoms with Crippen LogP contribution in [0.4, 0.5) is 58.1 Å². The molecular formula is C83H104Cl2F6N16O8S3. The highest BCUT2D eigenvalue weighted by molar-refractivity contribution is 7.15. The molecule has 15 rings (SSSR count). The van der Waals surface area contributed by atoms with Gasteiger partial charge in [0, 0.05) is 101 Å². The van der Waals surface area contributed by atoms with Crippen LogP contribution in [0.3, 0.4) is 0 Å². The highest BCUT2D eigenvalue weighted by Gasteiger charge is 2.34. The zero-order valence-corrected chi connectivity index (χ0v) is 72.7. The summed E-state index contributed by atoms with van der Waals surface area (Å²) >= 11 is 10.5. The number of thiazole rings is 3. The number of ether oxygens (including phenoxy) is 5. The molecule has 0 saturated carbocycles. The number of aromatic nitrogens is 9. The number of carbonyl (C=O) groups excluding carboxylic acids is 2. The molecule has 6 aliphatic heterocycles. The first-order chi connectivity index (χ1) is 55.7. The zero-order valence-electron chi connectivity index (χ0n) is 68.7. The Balaban J connectivity index is 0.000000170. The summed E-state index contributed by atoms with van der Waals surface area (Å²) in [6.07, 6.45) is 15.0. The molecule has 3 fully saturated rings. The third kappa shape index (κ3) is 23.8. The monoisotopic (exact) mass is 1730 g/mol. The van der Waals surface area contributed by atoms with Crippen molar-refractivity contribution in [3.05, 3.63) is 150 Å². The van der Waals surface area contributed by atoms with E-state index in [9.17, 15) is 35.9 Å². The zero-order chi connectivity index (χ0) is 84.2. The summed E-state index contributed by atoms with van der Waals surface area (Å²) in [6, 6.07) is 9.36. The summed E-state index contributed by atoms with van der Waals surface area (Å²) in [4.78, 5) is 75.5. The number of benzene rings is 3. The summed E-state index contributed by atoms with van der Waals surface area (Å²) in [5.41, 5.74) is 7.63. The van der Waals surface area contributed by atoms with E-state index >= 15 is 0 Å². The second-order valence-electron chi connectivity index (χ2n) is 31.7. The molecule has 118 heavy (non-hydrogen) atoms. The minimum atomic E-state index is -0.656. The third-order valence-electron chi connectivity index (χ3n) is 19.9. The summed E-state index contributed by atoms with van der Waals surface area (Å²) in [5.74, 6) is -0.703. The fraction of sp³-hybridized carbons (Fsp3) is 0.506. The van der Waals surface area contributed by atoms with Gasteiger partial charge < -0.3 is 64.3 Å². The van der Waals surface area contributed by atoms with E-state index in [2.05, 4.69) is 55.1 Å². The van der Waals surface area contributed by atoms with Crippen LogP contribution in [0.5, 0.6) is 17.2 Å². The molecule has 0 unspecified atom stereocenters. The molecule has 0 atom stereocenters. The lowest BCUT2D eigenvalue weighted by Crippen LogP contribution is -2.41. The Morgan fingerprint density at radius 2 is 0.831 bits per heavy atom. The number of anilines is 4. The lowest BCUT2D eigenvalue weighted by molar-refractivity contribution is 0.0195. The number of rotatable bonds is 13. The minimum absolute atomic E-state index is 0. The van der Waals surface area contributed by atoms with Crippen molar-refractivity contribution in [3.8, 4) is 51.0 Å². The van der Waals surface area contributed by atoms with Crippen LogP contribution in [-0.4, -0.2) is 187 Å². The molecule has 0 spiro atoms. The van der Waals surface area contributed by atoms with Gasteiger partial charge in [-0.15, -0.1) is 46.4 Å². The number of nitrogens with one attached hydrogen (secondary N) is 1. The number of halogens is 8. The Kier molecular flexibility index (Phi) is 31.6. The molecule has 6 aromatic heterocycles. The number of likely N-dealkylation sites (tertiary alicyclic amines) is 2. The number of nitrogens with zero attached hydrogens (tertiary/aromatic N) is 14. The Morgan fingerprint density at radius 3 is 1.17 bits per heavy atom. The van der Waals surface area contributed by atoms with Crippen molar-refractivity contribution in [2.24, 2.45) is 0 Å². The molecule has 638 valence electrons. The molecule has 9 aromatic rings. The molecule has 35 heteroatoms. The molecule has 24 nitrogen and oxygen atoms in total. The third-order valence-corrected chi connectivity index (χ3v) is 23.4. The van der Waals surface area contributed by atoms with Crippen LogP contribution < -0.4 is 40.0 Å². The first-order valence-corrected chi connectivity index (χ1v) is 42.3. The van der Waals surface area contributed by atoms with Gasteiger partial charge in [0.25, 0.3) is 0 Å². The number of aliphatic hydroxyl groups excluding tert-OH is 1. The van der Waals surface area contributed by atoms with Gasteiger partial charge in [-0.25, -0.2) is 80.8 Å². The van der Waals surface area contributed by atoms with Gasteiger partial charge in [-0.05, 0) is 207 Å². The number of aliphatic hydroxyl groups is 1. The fourth-order valence-corrected chi connectivity index (χ4v) is 17.4. The topological polar surface area (TPSA) is 271 Å². The van der Waals surface area contributed by atoms with E-state index in [0.29, 0.717) is 134 Å². The van der Waals surface area contributed by atoms with Crippen LogP contribution in [0.25, 0.3) is 33.8 Å². The van der Waals surface area contributed by atoms with Crippen molar-refractivity contribution in [1.82, 2.24) is 60.0 Å². The van der Waals surface area contributed by atoms with Crippen LogP contribution in [0.15, 0.2) is 73.6 Å². The van der Waals surface area contributed by atoms with Gasteiger partial charge in [0.1, 0.15) is 69.8 Å². The summed E-state index contributed by atoms with van der Waals surface area (Å²) in [6.45, 7) is 33.2. The van der Waals surface area contributed by atoms with E-state index < -0.39 is 46.1 Å². The number of hydrogen-bond acceptors (Lipinski definition) is 25. The van der Waals surface area contributed by atoms with Crippen molar-refractivity contribution >= 4 is 92.4 Å². The Labute approximate surface area is 708 Å². The first-order valence-electron chi connectivity index (χ1n) is 39.5. The largest absolute Gasteiger partial charge is 0.486 e. The van der Waals surface area contributed by atoms with Gasteiger partial charge in [-0.3, -0.25) is 0 Å². The van der Waals surface area contributed by atoms with E-state index in [1.165, 1.54) is 28.0 Å². The van der Waals surface area contributed by atoms with Gasteiger partial charge >= 0.3 is 12.2 Å². The number of carbonyl (C=O) groups is 2. The van der Waals surface area contributed by atoms with E-state index in [4.69, 9.17) is 46.1 Å². The van der Waals surface area contributed by atoms with E-state index in [0.717, 1.165) is 98.2 Å². The minimum Gasteiger partial charge on any atom is -0.486 e. The highest BCUT2D eigenvalue weighted by Crippen LogP contribution is 2.44. The number of nitrogens with two attached hydrogens (primary N) is 1. The molecule has 0 bridgehead atoms. The number of fused-ring (bicyclic) bond motifs is 3.